The predicted molar refractivity (Wildman–Crippen MR) is 99.1 cm³/mol. The zero-order valence-corrected chi connectivity index (χ0v) is 14.9. The molecule has 0 aliphatic rings. The predicted octanol–water partition coefficient (Wildman–Crippen LogP) is 4.46. The van der Waals surface area contributed by atoms with E-state index in [1.165, 1.54) is 0 Å². The van der Waals surface area contributed by atoms with E-state index in [1.54, 1.807) is 6.07 Å². The van der Waals surface area contributed by atoms with Crippen molar-refractivity contribution in [3.05, 3.63) is 36.4 Å². The van der Waals surface area contributed by atoms with E-state index < -0.39 is 17.7 Å². The van der Waals surface area contributed by atoms with Crippen molar-refractivity contribution < 1.29 is 19.4 Å². The number of ether oxygens (including phenoxy) is 1. The van der Waals surface area contributed by atoms with Gasteiger partial charge in [-0.2, -0.15) is 0 Å². The largest absolute Gasteiger partial charge is 0.481 e. The summed E-state index contributed by atoms with van der Waals surface area (Å²) < 4.78 is 5.30. The van der Waals surface area contributed by atoms with Crippen molar-refractivity contribution in [1.82, 2.24) is 0 Å². The van der Waals surface area contributed by atoms with Gasteiger partial charge in [0.05, 0.1) is 12.1 Å². The highest BCUT2D eigenvalue weighted by atomic mass is 16.6. The van der Waals surface area contributed by atoms with Crippen molar-refractivity contribution in [2.75, 3.05) is 10.6 Å². The van der Waals surface area contributed by atoms with E-state index in [0.29, 0.717) is 5.69 Å². The average molecular weight is 344 g/mol. The molecule has 2 aromatic carbocycles. The summed E-state index contributed by atoms with van der Waals surface area (Å²) in [5.41, 5.74) is 0.883. The van der Waals surface area contributed by atoms with Crippen LogP contribution in [0, 0.1) is 0 Å². The van der Waals surface area contributed by atoms with E-state index in [9.17, 15) is 9.59 Å². The summed E-state index contributed by atoms with van der Waals surface area (Å²) in [5.74, 6) is -0.854. The quantitative estimate of drug-likeness (QED) is 0.745. The summed E-state index contributed by atoms with van der Waals surface area (Å²) in [5, 5.41) is 16.6. The third-order valence-electron chi connectivity index (χ3n) is 3.44. The molecule has 0 fully saturated rings. The first-order valence-electron chi connectivity index (χ1n) is 8.16. The fraction of sp³-hybridized carbons (Fsp3) is 0.368. The Hall–Kier alpha value is -2.76. The minimum Gasteiger partial charge on any atom is -0.481 e. The van der Waals surface area contributed by atoms with Crippen LogP contribution in [-0.2, 0) is 9.53 Å². The molecular weight excluding hydrogens is 320 g/mol. The Kier molecular flexibility index (Phi) is 5.51. The van der Waals surface area contributed by atoms with E-state index in [2.05, 4.69) is 10.6 Å². The van der Waals surface area contributed by atoms with E-state index in [0.717, 1.165) is 16.5 Å². The zero-order chi connectivity index (χ0) is 18.6. The highest BCUT2D eigenvalue weighted by molar-refractivity contribution is 6.05. The van der Waals surface area contributed by atoms with Gasteiger partial charge < -0.3 is 15.2 Å². The minimum atomic E-state index is -0.854. The third-order valence-corrected chi connectivity index (χ3v) is 3.44. The normalized spacial score (nSPS) is 12.5. The number of benzene rings is 2. The van der Waals surface area contributed by atoms with Gasteiger partial charge in [-0.05, 0) is 39.8 Å². The molecule has 0 aliphatic heterocycles. The molecule has 0 bridgehead atoms. The van der Waals surface area contributed by atoms with Gasteiger partial charge in [-0.1, -0.05) is 24.3 Å². The molecular formula is C19H24N2O4. The molecule has 6 nitrogen and oxygen atoms in total. The fourth-order valence-corrected chi connectivity index (χ4v) is 2.53. The van der Waals surface area contributed by atoms with Crippen molar-refractivity contribution in [3.63, 3.8) is 0 Å². The molecule has 0 aliphatic carbocycles. The lowest BCUT2D eigenvalue weighted by Crippen LogP contribution is -2.27. The second kappa shape index (κ2) is 7.42. The first kappa shape index (κ1) is 18.6. The molecule has 0 heterocycles. The van der Waals surface area contributed by atoms with Crippen LogP contribution in [0.3, 0.4) is 0 Å². The number of carboxylic acid groups (broad SMARTS) is 1. The molecule has 1 amide bonds. The Bertz CT molecular complexity index is 781. The number of hydrogen-bond donors (Lipinski definition) is 3. The summed E-state index contributed by atoms with van der Waals surface area (Å²) in [7, 11) is 0. The van der Waals surface area contributed by atoms with Crippen molar-refractivity contribution in [2.24, 2.45) is 0 Å². The van der Waals surface area contributed by atoms with Gasteiger partial charge in [0.1, 0.15) is 5.60 Å². The number of carbonyl (C=O) groups excluding carboxylic acids is 1. The molecule has 6 heteroatoms. The summed E-state index contributed by atoms with van der Waals surface area (Å²) >= 11 is 0. The molecule has 2 aromatic rings. The monoisotopic (exact) mass is 344 g/mol. The summed E-state index contributed by atoms with van der Waals surface area (Å²) in [4.78, 5) is 22.9. The second-order valence-electron chi connectivity index (χ2n) is 6.98. The SMILES string of the molecule is C[C@@H](CC(=O)O)Nc1ccc(NC(=O)OC(C)(C)C)c2ccccc12. The van der Waals surface area contributed by atoms with Crippen LogP contribution in [-0.4, -0.2) is 28.8 Å². The number of hydrogen-bond acceptors (Lipinski definition) is 4. The number of aliphatic carboxylic acids is 1. The van der Waals surface area contributed by atoms with Gasteiger partial charge in [0, 0.05) is 22.5 Å². The molecule has 0 saturated heterocycles. The lowest BCUT2D eigenvalue weighted by atomic mass is 10.1. The van der Waals surface area contributed by atoms with Crippen LogP contribution in [0.4, 0.5) is 16.2 Å². The topological polar surface area (TPSA) is 87.7 Å². The lowest BCUT2D eigenvalue weighted by Gasteiger charge is -2.21. The molecule has 134 valence electrons. The van der Waals surface area contributed by atoms with Crippen molar-refractivity contribution in [1.29, 1.82) is 0 Å². The maximum atomic E-state index is 12.0. The van der Waals surface area contributed by atoms with Crippen molar-refractivity contribution >= 4 is 34.2 Å². The summed E-state index contributed by atoms with van der Waals surface area (Å²) in [6.45, 7) is 7.24. The van der Waals surface area contributed by atoms with Crippen LogP contribution in [0.2, 0.25) is 0 Å². The Morgan fingerprint density at radius 1 is 1.08 bits per heavy atom. The fourth-order valence-electron chi connectivity index (χ4n) is 2.53. The number of carbonyl (C=O) groups is 2. The molecule has 1 atom stereocenters. The van der Waals surface area contributed by atoms with Gasteiger partial charge in [-0.25, -0.2) is 4.79 Å². The molecule has 25 heavy (non-hydrogen) atoms. The van der Waals surface area contributed by atoms with Crippen LogP contribution < -0.4 is 10.6 Å². The molecule has 3 N–H and O–H groups in total. The van der Waals surface area contributed by atoms with Crippen LogP contribution in [0.1, 0.15) is 34.1 Å². The number of fused-ring (bicyclic) bond motifs is 1. The van der Waals surface area contributed by atoms with Gasteiger partial charge in [-0.15, -0.1) is 0 Å². The van der Waals surface area contributed by atoms with Gasteiger partial charge in [0.25, 0.3) is 0 Å². The Morgan fingerprint density at radius 3 is 2.20 bits per heavy atom. The molecule has 0 aromatic heterocycles. The van der Waals surface area contributed by atoms with Gasteiger partial charge in [0.2, 0.25) is 0 Å². The van der Waals surface area contributed by atoms with E-state index in [4.69, 9.17) is 9.84 Å². The zero-order valence-electron chi connectivity index (χ0n) is 14.9. The lowest BCUT2D eigenvalue weighted by molar-refractivity contribution is -0.137. The molecule has 0 unspecified atom stereocenters. The Balaban J connectivity index is 2.28. The van der Waals surface area contributed by atoms with Crippen LogP contribution in [0.25, 0.3) is 10.8 Å². The van der Waals surface area contributed by atoms with Crippen molar-refractivity contribution in [3.8, 4) is 0 Å². The Labute approximate surface area is 147 Å². The average Bonchev–Trinajstić information content (AvgIpc) is 2.47. The smallest absolute Gasteiger partial charge is 0.412 e. The number of anilines is 2. The van der Waals surface area contributed by atoms with Gasteiger partial charge >= 0.3 is 12.1 Å². The van der Waals surface area contributed by atoms with Crippen LogP contribution in [0.5, 0.6) is 0 Å². The van der Waals surface area contributed by atoms with Gasteiger partial charge in [-0.3, -0.25) is 10.1 Å². The molecule has 0 radical (unpaired) electrons. The first-order valence-corrected chi connectivity index (χ1v) is 8.16. The number of amides is 1. The van der Waals surface area contributed by atoms with Crippen LogP contribution in [0.15, 0.2) is 36.4 Å². The number of rotatable bonds is 5. The molecule has 0 spiro atoms. The molecule has 2 rings (SSSR count). The summed E-state index contributed by atoms with van der Waals surface area (Å²) in [6, 6.07) is 11.0. The maximum absolute atomic E-state index is 12.0. The highest BCUT2D eigenvalue weighted by Crippen LogP contribution is 2.31. The number of nitrogens with one attached hydrogen (secondary N) is 2. The second-order valence-corrected chi connectivity index (χ2v) is 6.98. The van der Waals surface area contributed by atoms with Crippen LogP contribution >= 0.6 is 0 Å². The van der Waals surface area contributed by atoms with E-state index >= 15 is 0 Å². The molecule has 0 saturated carbocycles. The Morgan fingerprint density at radius 2 is 1.64 bits per heavy atom. The maximum Gasteiger partial charge on any atom is 0.412 e. The first-order chi connectivity index (χ1) is 11.7. The van der Waals surface area contributed by atoms with E-state index in [-0.39, 0.29) is 12.5 Å². The minimum absolute atomic E-state index is 0.0201. The van der Waals surface area contributed by atoms with Gasteiger partial charge in [0.15, 0.2) is 0 Å². The van der Waals surface area contributed by atoms with Crippen molar-refractivity contribution in [2.45, 2.75) is 45.8 Å². The highest BCUT2D eigenvalue weighted by Gasteiger charge is 2.17. The summed E-state index contributed by atoms with van der Waals surface area (Å²) in [6.07, 6.45) is -0.496. The third kappa shape index (κ3) is 5.38. The standard InChI is InChI=1S/C19H24N2O4/c1-12(11-17(22)23)20-15-9-10-16(14-8-6-5-7-13(14)15)21-18(24)25-19(2,3)4/h5-10,12,20H,11H2,1-4H3,(H,21,24)(H,22,23)/t12-/m0/s1. The number of carboxylic acids is 1. The van der Waals surface area contributed by atoms with E-state index in [1.807, 2.05) is 58.0 Å².